The van der Waals surface area contributed by atoms with Crippen LogP contribution < -0.4 is 26.4 Å². The molecule has 4 N–H and O–H groups in total. The molecule has 38 heavy (non-hydrogen) atoms. The Morgan fingerprint density at radius 2 is 1.34 bits per heavy atom. The van der Waals surface area contributed by atoms with E-state index in [1.165, 1.54) is 24.3 Å². The summed E-state index contributed by atoms with van der Waals surface area (Å²) in [5, 5.41) is 0.0791. The fourth-order valence-electron chi connectivity index (χ4n) is 3.99. The third kappa shape index (κ3) is 4.83. The molecule has 0 fully saturated rings. The number of anilines is 2. The molecule has 0 aliphatic heterocycles. The molecule has 0 radical (unpaired) electrons. The minimum absolute atomic E-state index is 0.0144. The SMILES string of the molecule is Cc1c(-c2ccccc2)oc2c(OC(=O)c3cccc(N)c3)cc(OC(=O)c3cccc(N)c3)cc2c1=O. The van der Waals surface area contributed by atoms with Crippen LogP contribution in [0.15, 0.2) is 100 Å². The van der Waals surface area contributed by atoms with Crippen LogP contribution in [-0.2, 0) is 0 Å². The molecule has 188 valence electrons. The van der Waals surface area contributed by atoms with Crippen molar-refractivity contribution < 1.29 is 23.5 Å². The first-order valence-electron chi connectivity index (χ1n) is 11.6. The Kier molecular flexibility index (Phi) is 6.37. The Labute approximate surface area is 217 Å². The zero-order valence-electron chi connectivity index (χ0n) is 20.3. The summed E-state index contributed by atoms with van der Waals surface area (Å²) in [7, 11) is 0. The first-order chi connectivity index (χ1) is 18.3. The third-order valence-corrected chi connectivity index (χ3v) is 5.85. The Bertz CT molecular complexity index is 1760. The number of carbonyl (C=O) groups excluding carboxylic acids is 2. The van der Waals surface area contributed by atoms with Gasteiger partial charge >= 0.3 is 11.9 Å². The van der Waals surface area contributed by atoms with Crippen molar-refractivity contribution in [1.82, 2.24) is 0 Å². The van der Waals surface area contributed by atoms with E-state index in [2.05, 4.69) is 0 Å². The summed E-state index contributed by atoms with van der Waals surface area (Å²) < 4.78 is 17.3. The molecule has 0 atom stereocenters. The van der Waals surface area contributed by atoms with Gasteiger partial charge in [0.15, 0.2) is 16.8 Å². The first kappa shape index (κ1) is 24.3. The van der Waals surface area contributed by atoms with Gasteiger partial charge in [-0.2, -0.15) is 0 Å². The van der Waals surface area contributed by atoms with E-state index in [4.69, 9.17) is 25.4 Å². The summed E-state index contributed by atoms with van der Waals surface area (Å²) in [6.07, 6.45) is 0. The summed E-state index contributed by atoms with van der Waals surface area (Å²) in [6, 6.07) is 24.3. The lowest BCUT2D eigenvalue weighted by molar-refractivity contribution is 0.0733. The Hall–Kier alpha value is -5.37. The molecule has 0 aliphatic carbocycles. The fourth-order valence-corrected chi connectivity index (χ4v) is 3.99. The number of hydrogen-bond donors (Lipinski definition) is 2. The van der Waals surface area contributed by atoms with Gasteiger partial charge in [0.05, 0.1) is 16.5 Å². The van der Waals surface area contributed by atoms with Gasteiger partial charge in [0.1, 0.15) is 11.5 Å². The van der Waals surface area contributed by atoms with Crippen LogP contribution in [0.5, 0.6) is 11.5 Å². The van der Waals surface area contributed by atoms with Gasteiger partial charge in [0.25, 0.3) is 0 Å². The van der Waals surface area contributed by atoms with E-state index in [-0.39, 0.29) is 39.0 Å². The van der Waals surface area contributed by atoms with Crippen molar-refractivity contribution >= 4 is 34.3 Å². The quantitative estimate of drug-likeness (QED) is 0.184. The predicted molar refractivity (Wildman–Crippen MR) is 144 cm³/mol. The summed E-state index contributed by atoms with van der Waals surface area (Å²) >= 11 is 0. The maximum absolute atomic E-state index is 13.5. The van der Waals surface area contributed by atoms with Gasteiger partial charge in [0.2, 0.25) is 0 Å². The number of rotatable bonds is 5. The summed E-state index contributed by atoms with van der Waals surface area (Å²) in [6.45, 7) is 1.64. The lowest BCUT2D eigenvalue weighted by atomic mass is 10.1. The van der Waals surface area contributed by atoms with Crippen LogP contribution in [0, 0.1) is 6.92 Å². The number of fused-ring (bicyclic) bond motifs is 1. The number of carbonyl (C=O) groups is 2. The van der Waals surface area contributed by atoms with Gasteiger partial charge in [0, 0.05) is 28.6 Å². The lowest BCUT2D eigenvalue weighted by Crippen LogP contribution is -2.13. The molecule has 4 aromatic carbocycles. The molecule has 5 aromatic rings. The second-order valence-electron chi connectivity index (χ2n) is 8.58. The Balaban J connectivity index is 1.65. The molecule has 0 aliphatic rings. The number of nitrogens with two attached hydrogens (primary N) is 2. The van der Waals surface area contributed by atoms with Crippen molar-refractivity contribution in [2.75, 3.05) is 11.5 Å². The van der Waals surface area contributed by atoms with Crippen molar-refractivity contribution in [3.8, 4) is 22.8 Å². The van der Waals surface area contributed by atoms with Crippen molar-refractivity contribution in [2.45, 2.75) is 6.92 Å². The lowest BCUT2D eigenvalue weighted by Gasteiger charge is -2.13. The molecule has 0 amide bonds. The van der Waals surface area contributed by atoms with Gasteiger partial charge in [-0.25, -0.2) is 9.59 Å². The van der Waals surface area contributed by atoms with Crippen molar-refractivity contribution in [3.63, 3.8) is 0 Å². The molecule has 0 saturated carbocycles. The van der Waals surface area contributed by atoms with Gasteiger partial charge < -0.3 is 25.4 Å². The molecule has 0 saturated heterocycles. The number of esters is 2. The van der Waals surface area contributed by atoms with Crippen molar-refractivity contribution in [2.24, 2.45) is 0 Å². The smallest absolute Gasteiger partial charge is 0.343 e. The van der Waals surface area contributed by atoms with Crippen LogP contribution in [-0.4, -0.2) is 11.9 Å². The standard InChI is InChI=1S/C30H22N2O6/c1-17-26(33)24-15-23(36-29(34)19-9-5-11-21(31)13-19)16-25(37-30(35)20-10-6-12-22(32)14-20)28(24)38-27(17)18-7-3-2-4-8-18/h2-16H,31-32H2,1H3. The van der Waals surface area contributed by atoms with E-state index in [1.807, 2.05) is 18.2 Å². The highest BCUT2D eigenvalue weighted by Crippen LogP contribution is 2.35. The number of hydrogen-bond acceptors (Lipinski definition) is 8. The fraction of sp³-hybridized carbons (Fsp3) is 0.0333. The minimum atomic E-state index is -0.734. The van der Waals surface area contributed by atoms with Crippen LogP contribution >= 0.6 is 0 Å². The molecule has 0 unspecified atom stereocenters. The van der Waals surface area contributed by atoms with Gasteiger partial charge in [-0.3, -0.25) is 4.79 Å². The summed E-state index contributed by atoms with van der Waals surface area (Å²) in [4.78, 5) is 39.2. The first-order valence-corrected chi connectivity index (χ1v) is 11.6. The van der Waals surface area contributed by atoms with Crippen LogP contribution in [0.1, 0.15) is 26.3 Å². The zero-order chi connectivity index (χ0) is 26.8. The minimum Gasteiger partial charge on any atom is -0.452 e. The molecular weight excluding hydrogens is 484 g/mol. The molecule has 8 nitrogen and oxygen atoms in total. The van der Waals surface area contributed by atoms with Crippen molar-refractivity contribution in [3.05, 3.63) is 118 Å². The van der Waals surface area contributed by atoms with Gasteiger partial charge in [-0.05, 0) is 49.4 Å². The average Bonchev–Trinajstić information content (AvgIpc) is 2.91. The van der Waals surface area contributed by atoms with Crippen LogP contribution in [0.25, 0.3) is 22.3 Å². The van der Waals surface area contributed by atoms with E-state index in [1.54, 1.807) is 55.5 Å². The van der Waals surface area contributed by atoms with Gasteiger partial charge in [-0.1, -0.05) is 42.5 Å². The van der Waals surface area contributed by atoms with E-state index in [0.29, 0.717) is 28.3 Å². The van der Waals surface area contributed by atoms with Crippen molar-refractivity contribution in [1.29, 1.82) is 0 Å². The van der Waals surface area contributed by atoms with E-state index in [0.717, 1.165) is 0 Å². The summed E-state index contributed by atoms with van der Waals surface area (Å²) in [5.74, 6) is -1.22. The van der Waals surface area contributed by atoms with Crippen LogP contribution in [0.4, 0.5) is 11.4 Å². The molecule has 1 heterocycles. The number of benzene rings is 4. The van der Waals surface area contributed by atoms with E-state index < -0.39 is 11.9 Å². The average molecular weight is 507 g/mol. The highest BCUT2D eigenvalue weighted by molar-refractivity contribution is 5.96. The van der Waals surface area contributed by atoms with Crippen LogP contribution in [0.2, 0.25) is 0 Å². The maximum Gasteiger partial charge on any atom is 0.343 e. The monoisotopic (exact) mass is 506 g/mol. The predicted octanol–water partition coefficient (Wildman–Crippen LogP) is 5.37. The Morgan fingerprint density at radius 3 is 1.95 bits per heavy atom. The normalized spacial score (nSPS) is 10.8. The Morgan fingerprint density at radius 1 is 0.737 bits per heavy atom. The maximum atomic E-state index is 13.5. The second kappa shape index (κ2) is 9.94. The molecule has 8 heteroatoms. The van der Waals surface area contributed by atoms with E-state index in [9.17, 15) is 14.4 Å². The molecular formula is C30H22N2O6. The van der Waals surface area contributed by atoms with Gasteiger partial charge in [-0.15, -0.1) is 0 Å². The largest absolute Gasteiger partial charge is 0.452 e. The third-order valence-electron chi connectivity index (χ3n) is 5.85. The highest BCUT2D eigenvalue weighted by Gasteiger charge is 2.21. The summed E-state index contributed by atoms with van der Waals surface area (Å²) in [5.41, 5.74) is 13.4. The number of ether oxygens (including phenoxy) is 2. The topological polar surface area (TPSA) is 135 Å². The van der Waals surface area contributed by atoms with E-state index >= 15 is 0 Å². The van der Waals surface area contributed by atoms with Crippen LogP contribution in [0.3, 0.4) is 0 Å². The highest BCUT2D eigenvalue weighted by atomic mass is 16.5. The molecule has 0 spiro atoms. The second-order valence-corrected chi connectivity index (χ2v) is 8.58. The zero-order valence-corrected chi connectivity index (χ0v) is 20.3. The molecule has 0 bridgehead atoms. The molecule has 5 rings (SSSR count). The number of nitrogen functional groups attached to an aromatic ring is 2. The molecule has 1 aromatic heterocycles.